The van der Waals surface area contributed by atoms with Gasteiger partial charge in [-0.3, -0.25) is 0 Å². The van der Waals surface area contributed by atoms with Gasteiger partial charge >= 0.3 is 0 Å². The normalized spacial score (nSPS) is 11.2. The van der Waals surface area contributed by atoms with Crippen LogP contribution in [0.2, 0.25) is 0 Å². The van der Waals surface area contributed by atoms with E-state index in [0.29, 0.717) is 23.9 Å². The summed E-state index contributed by atoms with van der Waals surface area (Å²) in [5.74, 6) is 1.83. The van der Waals surface area contributed by atoms with Crippen LogP contribution >= 0.6 is 0 Å². The summed E-state index contributed by atoms with van der Waals surface area (Å²) < 4.78 is 16.3. The Morgan fingerprint density at radius 1 is 1.11 bits per heavy atom. The fourth-order valence-electron chi connectivity index (χ4n) is 1.80. The van der Waals surface area contributed by atoms with Crippen molar-refractivity contribution in [2.75, 3.05) is 27.4 Å². The van der Waals surface area contributed by atoms with Crippen LogP contribution < -0.4 is 14.2 Å². The summed E-state index contributed by atoms with van der Waals surface area (Å²) in [7, 11) is 3.17. The highest BCUT2D eigenvalue weighted by molar-refractivity contribution is 5.57. The summed E-state index contributed by atoms with van der Waals surface area (Å²) in [5.41, 5.74) is 0.508. The second-order valence-corrected chi connectivity index (χ2v) is 4.65. The van der Waals surface area contributed by atoms with E-state index in [1.165, 1.54) is 0 Å². The minimum atomic E-state index is -0.399. The first-order valence-corrected chi connectivity index (χ1v) is 6.01. The van der Waals surface area contributed by atoms with E-state index in [0.717, 1.165) is 5.56 Å². The van der Waals surface area contributed by atoms with Gasteiger partial charge < -0.3 is 19.3 Å². The van der Waals surface area contributed by atoms with Crippen molar-refractivity contribution in [2.24, 2.45) is 0 Å². The maximum atomic E-state index is 9.50. The maximum Gasteiger partial charge on any atom is 0.203 e. The second-order valence-electron chi connectivity index (χ2n) is 4.65. The van der Waals surface area contributed by atoms with Crippen LogP contribution in [0.3, 0.4) is 0 Å². The second kappa shape index (κ2) is 5.96. The molecule has 0 aliphatic rings. The molecule has 0 bridgehead atoms. The van der Waals surface area contributed by atoms with Crippen molar-refractivity contribution in [3.8, 4) is 17.2 Å². The van der Waals surface area contributed by atoms with Gasteiger partial charge in [0, 0.05) is 11.0 Å². The third-order valence-corrected chi connectivity index (χ3v) is 2.91. The fraction of sp³-hybridized carbons (Fsp3) is 0.571. The fourth-order valence-corrected chi connectivity index (χ4v) is 1.80. The Bertz CT molecular complexity index is 399. The van der Waals surface area contributed by atoms with E-state index >= 15 is 0 Å². The predicted molar refractivity (Wildman–Crippen MR) is 70.8 cm³/mol. The zero-order valence-corrected chi connectivity index (χ0v) is 11.7. The molecule has 0 saturated carbocycles. The first kappa shape index (κ1) is 14.6. The molecule has 102 valence electrons. The highest BCUT2D eigenvalue weighted by atomic mass is 16.5. The molecule has 1 rings (SSSR count). The van der Waals surface area contributed by atoms with Crippen LogP contribution in [0, 0.1) is 0 Å². The molecule has 4 heteroatoms. The molecule has 1 aromatic rings. The van der Waals surface area contributed by atoms with Gasteiger partial charge in [0.25, 0.3) is 0 Å². The summed E-state index contributed by atoms with van der Waals surface area (Å²) in [6.07, 6.45) is 0. The third-order valence-electron chi connectivity index (χ3n) is 2.91. The molecule has 0 amide bonds. The number of hydrogen-bond donors (Lipinski definition) is 1. The third kappa shape index (κ3) is 2.70. The van der Waals surface area contributed by atoms with Crippen LogP contribution in [0.5, 0.6) is 17.2 Å². The number of hydrogen-bond acceptors (Lipinski definition) is 4. The molecule has 0 aliphatic carbocycles. The van der Waals surface area contributed by atoms with Crippen molar-refractivity contribution >= 4 is 0 Å². The average molecular weight is 254 g/mol. The van der Waals surface area contributed by atoms with Gasteiger partial charge in [0.2, 0.25) is 5.75 Å². The largest absolute Gasteiger partial charge is 0.493 e. The van der Waals surface area contributed by atoms with Crippen LogP contribution in [-0.2, 0) is 5.41 Å². The van der Waals surface area contributed by atoms with E-state index in [-0.39, 0.29) is 6.61 Å². The zero-order chi connectivity index (χ0) is 13.8. The molecular formula is C14H22O4. The summed E-state index contributed by atoms with van der Waals surface area (Å²) in [4.78, 5) is 0. The topological polar surface area (TPSA) is 47.9 Å². The lowest BCUT2D eigenvalue weighted by atomic mass is 9.84. The van der Waals surface area contributed by atoms with E-state index < -0.39 is 5.41 Å². The molecule has 0 saturated heterocycles. The Balaban J connectivity index is 3.43. The number of aliphatic hydroxyl groups is 1. The Morgan fingerprint density at radius 3 is 2.22 bits per heavy atom. The van der Waals surface area contributed by atoms with E-state index in [1.54, 1.807) is 14.2 Å². The van der Waals surface area contributed by atoms with Crippen molar-refractivity contribution in [1.29, 1.82) is 0 Å². The number of aliphatic hydroxyl groups excluding tert-OH is 1. The average Bonchev–Trinajstić information content (AvgIpc) is 2.38. The summed E-state index contributed by atoms with van der Waals surface area (Å²) in [5, 5.41) is 9.50. The first-order valence-electron chi connectivity index (χ1n) is 6.01. The van der Waals surface area contributed by atoms with Gasteiger partial charge in [0.05, 0.1) is 27.4 Å². The SMILES string of the molecule is CCOc1c(C(C)(C)CO)ccc(OC)c1OC. The van der Waals surface area contributed by atoms with Crippen LogP contribution in [0.15, 0.2) is 12.1 Å². The van der Waals surface area contributed by atoms with Crippen molar-refractivity contribution in [1.82, 2.24) is 0 Å². The number of rotatable bonds is 6. The summed E-state index contributed by atoms with van der Waals surface area (Å²) >= 11 is 0. The summed E-state index contributed by atoms with van der Waals surface area (Å²) in [6.45, 7) is 6.38. The van der Waals surface area contributed by atoms with Crippen LogP contribution in [0.4, 0.5) is 0 Å². The Hall–Kier alpha value is -1.42. The summed E-state index contributed by atoms with van der Waals surface area (Å²) in [6, 6.07) is 3.73. The van der Waals surface area contributed by atoms with E-state index in [4.69, 9.17) is 14.2 Å². The smallest absolute Gasteiger partial charge is 0.203 e. The maximum absolute atomic E-state index is 9.50. The molecule has 1 N–H and O–H groups in total. The van der Waals surface area contributed by atoms with Crippen molar-refractivity contribution in [3.63, 3.8) is 0 Å². The molecule has 0 heterocycles. The quantitative estimate of drug-likeness (QED) is 0.846. The number of methoxy groups -OCH3 is 2. The van der Waals surface area contributed by atoms with E-state index in [9.17, 15) is 5.11 Å². The van der Waals surface area contributed by atoms with Gasteiger partial charge in [-0.2, -0.15) is 0 Å². The van der Waals surface area contributed by atoms with Crippen LogP contribution in [0.1, 0.15) is 26.3 Å². The highest BCUT2D eigenvalue weighted by Gasteiger charge is 2.27. The lowest BCUT2D eigenvalue weighted by molar-refractivity contribution is 0.210. The van der Waals surface area contributed by atoms with Crippen molar-refractivity contribution in [2.45, 2.75) is 26.2 Å². The van der Waals surface area contributed by atoms with Gasteiger partial charge in [0.1, 0.15) is 0 Å². The molecule has 0 unspecified atom stereocenters. The lowest BCUT2D eigenvalue weighted by Gasteiger charge is -2.26. The van der Waals surface area contributed by atoms with Gasteiger partial charge in [-0.05, 0) is 13.0 Å². The monoisotopic (exact) mass is 254 g/mol. The Kier molecular flexibility index (Phi) is 4.84. The highest BCUT2D eigenvalue weighted by Crippen LogP contribution is 2.44. The van der Waals surface area contributed by atoms with E-state index in [2.05, 4.69) is 0 Å². The van der Waals surface area contributed by atoms with Gasteiger partial charge in [-0.1, -0.05) is 19.9 Å². The molecule has 0 spiro atoms. The lowest BCUT2D eigenvalue weighted by Crippen LogP contribution is -2.23. The van der Waals surface area contributed by atoms with Crippen molar-refractivity contribution < 1.29 is 19.3 Å². The minimum Gasteiger partial charge on any atom is -0.493 e. The number of benzene rings is 1. The van der Waals surface area contributed by atoms with Crippen LogP contribution in [-0.4, -0.2) is 32.5 Å². The van der Waals surface area contributed by atoms with Gasteiger partial charge in [-0.15, -0.1) is 0 Å². The Labute approximate surface area is 108 Å². The van der Waals surface area contributed by atoms with Crippen molar-refractivity contribution in [3.05, 3.63) is 17.7 Å². The molecule has 18 heavy (non-hydrogen) atoms. The van der Waals surface area contributed by atoms with Gasteiger partial charge in [0.15, 0.2) is 11.5 Å². The van der Waals surface area contributed by atoms with Crippen LogP contribution in [0.25, 0.3) is 0 Å². The molecule has 0 aliphatic heterocycles. The first-order chi connectivity index (χ1) is 8.51. The predicted octanol–water partition coefficient (Wildman–Crippen LogP) is 2.37. The standard InChI is InChI=1S/C14H22O4/c1-6-18-12-10(14(2,3)9-15)7-8-11(16-4)13(12)17-5/h7-8,15H,6,9H2,1-5H3. The zero-order valence-electron chi connectivity index (χ0n) is 11.7. The minimum absolute atomic E-state index is 0.0303. The molecule has 0 atom stereocenters. The molecule has 0 fully saturated rings. The van der Waals surface area contributed by atoms with Gasteiger partial charge in [-0.25, -0.2) is 0 Å². The molecule has 0 radical (unpaired) electrons. The molecule has 4 nitrogen and oxygen atoms in total. The molecule has 1 aromatic carbocycles. The number of ether oxygens (including phenoxy) is 3. The Morgan fingerprint density at radius 2 is 1.78 bits per heavy atom. The molecule has 0 aromatic heterocycles. The van der Waals surface area contributed by atoms with E-state index in [1.807, 2.05) is 32.9 Å². The molecular weight excluding hydrogens is 232 g/mol.